The van der Waals surface area contributed by atoms with Gasteiger partial charge in [0.05, 0.1) is 5.69 Å². The molecule has 0 bridgehead atoms. The van der Waals surface area contributed by atoms with Gasteiger partial charge in [-0.25, -0.2) is 9.78 Å². The Morgan fingerprint density at radius 2 is 2.00 bits per heavy atom. The Kier molecular flexibility index (Phi) is 2.38. The van der Waals surface area contributed by atoms with Crippen molar-refractivity contribution in [2.24, 2.45) is 0 Å². The molecule has 0 radical (unpaired) electrons. The fraction of sp³-hybridized carbons (Fsp3) is 0.0909. The Balaban J connectivity index is 2.34. The summed E-state index contributed by atoms with van der Waals surface area (Å²) in [5.74, 6) is 0. The fourth-order valence-corrected chi connectivity index (χ4v) is 1.87. The highest BCUT2D eigenvalue weighted by atomic mass is 35.5. The highest BCUT2D eigenvalue weighted by Gasteiger charge is 2.14. The maximum absolute atomic E-state index is 11.8. The van der Waals surface area contributed by atoms with Crippen LogP contribution in [0.4, 0.5) is 0 Å². The van der Waals surface area contributed by atoms with Crippen LogP contribution in [0.15, 0.2) is 29.1 Å². The molecule has 0 aliphatic heterocycles. The number of aromatic nitrogens is 5. The van der Waals surface area contributed by atoms with E-state index in [0.29, 0.717) is 11.0 Å². The van der Waals surface area contributed by atoms with E-state index in [-0.39, 0.29) is 10.7 Å². The number of nitrogens with one attached hydrogen (secondary N) is 1. The predicted octanol–water partition coefficient (Wildman–Crippen LogP) is 1.47. The minimum atomic E-state index is -0.375. The van der Waals surface area contributed by atoms with Gasteiger partial charge in [0.25, 0.3) is 5.56 Å². The zero-order valence-electron chi connectivity index (χ0n) is 9.38. The number of halogens is 1. The number of H-pyrrole nitrogens is 1. The summed E-state index contributed by atoms with van der Waals surface area (Å²) >= 11 is 5.86. The molecular formula is C11H8ClN5O. The molecule has 0 unspecified atom stereocenters. The average molecular weight is 262 g/mol. The van der Waals surface area contributed by atoms with Crippen molar-refractivity contribution in [1.82, 2.24) is 25.2 Å². The standard InChI is InChI=1S/C11H8ClN5O/c1-6-2-4-7(5-3-6)17-9-8(13-16-17)10(12)14-15-11(9)18/h2-5H,1H3,(H,15,18). The first-order valence-corrected chi connectivity index (χ1v) is 5.61. The van der Waals surface area contributed by atoms with Gasteiger partial charge in [-0.05, 0) is 19.1 Å². The van der Waals surface area contributed by atoms with E-state index < -0.39 is 0 Å². The van der Waals surface area contributed by atoms with E-state index in [1.54, 1.807) is 0 Å². The smallest absolute Gasteiger partial charge is 0.265 e. The number of hydrogen-bond acceptors (Lipinski definition) is 4. The average Bonchev–Trinajstić information content (AvgIpc) is 2.81. The van der Waals surface area contributed by atoms with Crippen LogP contribution in [-0.4, -0.2) is 25.2 Å². The molecule has 90 valence electrons. The lowest BCUT2D eigenvalue weighted by Gasteiger charge is -2.01. The minimum absolute atomic E-state index is 0.128. The van der Waals surface area contributed by atoms with Gasteiger partial charge in [0.1, 0.15) is 0 Å². The fourth-order valence-electron chi connectivity index (χ4n) is 1.70. The van der Waals surface area contributed by atoms with Gasteiger partial charge in [-0.1, -0.05) is 34.5 Å². The van der Waals surface area contributed by atoms with Crippen LogP contribution < -0.4 is 5.56 Å². The molecule has 3 aromatic rings. The van der Waals surface area contributed by atoms with Crippen molar-refractivity contribution in [1.29, 1.82) is 0 Å². The van der Waals surface area contributed by atoms with Gasteiger partial charge in [-0.15, -0.1) is 5.10 Å². The summed E-state index contributed by atoms with van der Waals surface area (Å²) in [5, 5.41) is 13.9. The second kappa shape index (κ2) is 3.92. The number of fused-ring (bicyclic) bond motifs is 1. The summed E-state index contributed by atoms with van der Waals surface area (Å²) in [6.07, 6.45) is 0. The van der Waals surface area contributed by atoms with Crippen molar-refractivity contribution in [3.8, 4) is 5.69 Å². The van der Waals surface area contributed by atoms with Crippen molar-refractivity contribution in [2.45, 2.75) is 6.92 Å². The number of aryl methyl sites for hydroxylation is 1. The van der Waals surface area contributed by atoms with Gasteiger partial charge < -0.3 is 0 Å². The minimum Gasteiger partial charge on any atom is -0.265 e. The molecule has 1 N–H and O–H groups in total. The van der Waals surface area contributed by atoms with Crippen LogP contribution in [-0.2, 0) is 0 Å². The van der Waals surface area contributed by atoms with Crippen molar-refractivity contribution < 1.29 is 0 Å². The molecule has 0 fully saturated rings. The molecule has 0 amide bonds. The Hall–Kier alpha value is -2.21. The Labute approximate surface area is 106 Å². The molecule has 0 saturated heterocycles. The molecule has 2 aromatic heterocycles. The van der Waals surface area contributed by atoms with Crippen LogP contribution in [0.1, 0.15) is 5.56 Å². The largest absolute Gasteiger partial charge is 0.292 e. The lowest BCUT2D eigenvalue weighted by molar-refractivity contribution is 0.820. The zero-order valence-corrected chi connectivity index (χ0v) is 10.1. The van der Waals surface area contributed by atoms with Crippen LogP contribution in [0.5, 0.6) is 0 Å². The van der Waals surface area contributed by atoms with E-state index in [1.807, 2.05) is 31.2 Å². The Morgan fingerprint density at radius 1 is 1.28 bits per heavy atom. The first-order valence-electron chi connectivity index (χ1n) is 5.23. The topological polar surface area (TPSA) is 76.5 Å². The van der Waals surface area contributed by atoms with Crippen LogP contribution in [0.25, 0.3) is 16.7 Å². The van der Waals surface area contributed by atoms with Crippen molar-refractivity contribution in [3.63, 3.8) is 0 Å². The lowest BCUT2D eigenvalue weighted by Crippen LogP contribution is -2.12. The number of rotatable bonds is 1. The van der Waals surface area contributed by atoms with Gasteiger partial charge in [0, 0.05) is 0 Å². The van der Waals surface area contributed by atoms with E-state index in [0.717, 1.165) is 11.3 Å². The van der Waals surface area contributed by atoms with Crippen molar-refractivity contribution in [2.75, 3.05) is 0 Å². The van der Waals surface area contributed by atoms with Crippen LogP contribution in [0.2, 0.25) is 5.15 Å². The van der Waals surface area contributed by atoms with E-state index in [4.69, 9.17) is 11.6 Å². The monoisotopic (exact) mass is 261 g/mol. The number of aromatic amines is 1. The molecule has 0 saturated carbocycles. The van der Waals surface area contributed by atoms with Crippen LogP contribution >= 0.6 is 11.6 Å². The van der Waals surface area contributed by atoms with Gasteiger partial charge in [0.2, 0.25) is 0 Å². The summed E-state index contributed by atoms with van der Waals surface area (Å²) in [7, 11) is 0. The predicted molar refractivity (Wildman–Crippen MR) is 67.0 cm³/mol. The second-order valence-electron chi connectivity index (χ2n) is 3.88. The third-order valence-corrected chi connectivity index (χ3v) is 2.88. The highest BCUT2D eigenvalue weighted by molar-refractivity contribution is 6.33. The molecule has 7 heteroatoms. The zero-order chi connectivity index (χ0) is 12.7. The molecule has 3 rings (SSSR count). The third kappa shape index (κ3) is 1.58. The van der Waals surface area contributed by atoms with Crippen LogP contribution in [0, 0.1) is 6.92 Å². The molecule has 18 heavy (non-hydrogen) atoms. The van der Waals surface area contributed by atoms with Gasteiger partial charge >= 0.3 is 0 Å². The number of benzene rings is 1. The molecule has 0 spiro atoms. The first kappa shape index (κ1) is 10.9. The Morgan fingerprint density at radius 3 is 2.72 bits per heavy atom. The molecule has 2 heterocycles. The van der Waals surface area contributed by atoms with E-state index in [9.17, 15) is 4.79 Å². The summed E-state index contributed by atoms with van der Waals surface area (Å²) in [6, 6.07) is 7.58. The maximum atomic E-state index is 11.8. The van der Waals surface area contributed by atoms with Gasteiger partial charge in [0.15, 0.2) is 16.2 Å². The van der Waals surface area contributed by atoms with Crippen molar-refractivity contribution >= 4 is 22.6 Å². The highest BCUT2D eigenvalue weighted by Crippen LogP contribution is 2.17. The van der Waals surface area contributed by atoms with Gasteiger partial charge in [-0.2, -0.15) is 5.10 Å². The maximum Gasteiger partial charge on any atom is 0.292 e. The van der Waals surface area contributed by atoms with Crippen LogP contribution in [0.3, 0.4) is 0 Å². The first-order chi connectivity index (χ1) is 8.66. The van der Waals surface area contributed by atoms with E-state index in [2.05, 4.69) is 20.5 Å². The number of nitrogens with zero attached hydrogens (tertiary/aromatic N) is 4. The van der Waals surface area contributed by atoms with Gasteiger partial charge in [-0.3, -0.25) is 4.79 Å². The van der Waals surface area contributed by atoms with E-state index in [1.165, 1.54) is 4.68 Å². The second-order valence-corrected chi connectivity index (χ2v) is 4.24. The Bertz CT molecular complexity index is 774. The van der Waals surface area contributed by atoms with Crippen molar-refractivity contribution in [3.05, 3.63) is 45.3 Å². The molecule has 0 atom stereocenters. The SMILES string of the molecule is Cc1ccc(-n2nnc3c(Cl)n[nH]c(=O)c32)cc1. The summed E-state index contributed by atoms with van der Waals surface area (Å²) in [4.78, 5) is 11.8. The molecule has 1 aromatic carbocycles. The normalized spacial score (nSPS) is 11.0. The third-order valence-electron chi connectivity index (χ3n) is 2.61. The lowest BCUT2D eigenvalue weighted by atomic mass is 10.2. The molecule has 0 aliphatic rings. The quantitative estimate of drug-likeness (QED) is 0.720. The van der Waals surface area contributed by atoms with E-state index >= 15 is 0 Å². The number of hydrogen-bond donors (Lipinski definition) is 1. The summed E-state index contributed by atoms with van der Waals surface area (Å²) in [6.45, 7) is 1.98. The molecular weight excluding hydrogens is 254 g/mol. The summed E-state index contributed by atoms with van der Waals surface area (Å²) in [5.41, 5.74) is 2.08. The molecule has 0 aliphatic carbocycles. The summed E-state index contributed by atoms with van der Waals surface area (Å²) < 4.78 is 1.45. The molecule has 6 nitrogen and oxygen atoms in total.